The lowest BCUT2D eigenvalue weighted by Gasteiger charge is -2.27. The summed E-state index contributed by atoms with van der Waals surface area (Å²) in [7, 11) is 0. The normalized spacial score (nSPS) is 13.8. The molecule has 3 aromatic rings. The van der Waals surface area contributed by atoms with Crippen molar-refractivity contribution >= 4 is 28.2 Å². The van der Waals surface area contributed by atoms with Crippen LogP contribution in [0, 0.1) is 18.3 Å². The second kappa shape index (κ2) is 9.37. The van der Waals surface area contributed by atoms with E-state index >= 15 is 0 Å². The molecule has 3 heterocycles. The van der Waals surface area contributed by atoms with Gasteiger partial charge in [0, 0.05) is 24.0 Å². The number of amides is 2. The van der Waals surface area contributed by atoms with Gasteiger partial charge in [-0.15, -0.1) is 11.3 Å². The summed E-state index contributed by atoms with van der Waals surface area (Å²) in [5, 5.41) is 13.3. The number of imidazole rings is 1. The maximum Gasteiger partial charge on any atom is 0.242 e. The molecule has 4 rings (SSSR count). The van der Waals surface area contributed by atoms with Crippen LogP contribution in [-0.2, 0) is 29.1 Å². The van der Waals surface area contributed by atoms with Crippen molar-refractivity contribution in [2.24, 2.45) is 0 Å². The molecule has 2 aromatic heterocycles. The van der Waals surface area contributed by atoms with Gasteiger partial charge in [-0.3, -0.25) is 9.59 Å². The Kier molecular flexibility index (Phi) is 6.37. The molecule has 0 radical (unpaired) electrons. The molecule has 1 aliphatic heterocycles. The van der Waals surface area contributed by atoms with Gasteiger partial charge in [-0.1, -0.05) is 37.3 Å². The molecular weight excluding hydrogens is 422 g/mol. The maximum atomic E-state index is 12.7. The predicted octanol–water partition coefficient (Wildman–Crippen LogP) is 3.84. The van der Waals surface area contributed by atoms with Crippen LogP contribution in [0.1, 0.15) is 46.5 Å². The van der Waals surface area contributed by atoms with Crippen LogP contribution in [0.4, 0.5) is 5.00 Å². The fourth-order valence-corrected chi connectivity index (χ4v) is 5.22. The number of thiophene rings is 1. The van der Waals surface area contributed by atoms with Crippen LogP contribution < -0.4 is 5.32 Å². The van der Waals surface area contributed by atoms with Crippen LogP contribution in [0.15, 0.2) is 42.9 Å². The number of nitrogens with zero attached hydrogens (tertiary/aromatic N) is 4. The number of benzene rings is 1. The van der Waals surface area contributed by atoms with Crippen molar-refractivity contribution in [1.82, 2.24) is 14.5 Å². The SMILES string of the molecule is Cc1cn(CC(=O)N2CCc3c(sc(NC(=O)C[C@H](C)c4ccccc4)c3C#N)C2)cn1. The zero-order chi connectivity index (χ0) is 22.7. The first-order valence-electron chi connectivity index (χ1n) is 10.6. The van der Waals surface area contributed by atoms with E-state index in [1.807, 2.05) is 50.4 Å². The minimum Gasteiger partial charge on any atom is -0.336 e. The molecule has 1 aliphatic rings. The highest BCUT2D eigenvalue weighted by Crippen LogP contribution is 2.37. The Morgan fingerprint density at radius 2 is 2.09 bits per heavy atom. The second-order valence-electron chi connectivity index (χ2n) is 8.14. The van der Waals surface area contributed by atoms with E-state index in [1.54, 1.807) is 15.8 Å². The van der Waals surface area contributed by atoms with Gasteiger partial charge in [0.1, 0.15) is 17.6 Å². The van der Waals surface area contributed by atoms with Crippen molar-refractivity contribution in [2.45, 2.75) is 45.7 Å². The molecule has 0 fully saturated rings. The monoisotopic (exact) mass is 447 g/mol. The molecule has 0 saturated heterocycles. The van der Waals surface area contributed by atoms with Crippen LogP contribution in [0.3, 0.4) is 0 Å². The summed E-state index contributed by atoms with van der Waals surface area (Å²) in [6.07, 6.45) is 4.45. The Bertz CT molecular complexity index is 1170. The molecule has 1 atom stereocenters. The van der Waals surface area contributed by atoms with Crippen molar-refractivity contribution in [3.8, 4) is 6.07 Å². The molecule has 7 nitrogen and oxygen atoms in total. The van der Waals surface area contributed by atoms with Gasteiger partial charge in [0.05, 0.1) is 24.1 Å². The number of aromatic nitrogens is 2. The molecule has 2 amide bonds. The van der Waals surface area contributed by atoms with E-state index in [0.29, 0.717) is 36.5 Å². The van der Waals surface area contributed by atoms with Crippen molar-refractivity contribution in [2.75, 3.05) is 11.9 Å². The minimum absolute atomic E-state index is 0.0160. The smallest absolute Gasteiger partial charge is 0.242 e. The molecule has 164 valence electrons. The molecule has 1 N–H and O–H groups in total. The number of anilines is 1. The predicted molar refractivity (Wildman–Crippen MR) is 123 cm³/mol. The average Bonchev–Trinajstić information content (AvgIpc) is 3.35. The summed E-state index contributed by atoms with van der Waals surface area (Å²) in [6, 6.07) is 12.2. The van der Waals surface area contributed by atoms with Crippen LogP contribution in [0.5, 0.6) is 0 Å². The number of hydrogen-bond donors (Lipinski definition) is 1. The molecular formula is C24H25N5O2S. The van der Waals surface area contributed by atoms with Crippen LogP contribution in [0.25, 0.3) is 0 Å². The molecule has 0 bridgehead atoms. The highest BCUT2D eigenvalue weighted by Gasteiger charge is 2.27. The fourth-order valence-electron chi connectivity index (χ4n) is 3.99. The lowest BCUT2D eigenvalue weighted by atomic mass is 9.97. The molecule has 8 heteroatoms. The third-order valence-corrected chi connectivity index (χ3v) is 6.85. The third kappa shape index (κ3) is 4.73. The summed E-state index contributed by atoms with van der Waals surface area (Å²) in [5.74, 6) is -0.0154. The molecule has 1 aromatic carbocycles. The first kappa shape index (κ1) is 21.8. The van der Waals surface area contributed by atoms with Crippen LogP contribution in [-0.4, -0.2) is 32.8 Å². The summed E-state index contributed by atoms with van der Waals surface area (Å²) >= 11 is 1.40. The minimum atomic E-state index is -0.111. The first-order valence-corrected chi connectivity index (χ1v) is 11.4. The van der Waals surface area contributed by atoms with Gasteiger partial charge in [0.2, 0.25) is 11.8 Å². The third-order valence-electron chi connectivity index (χ3n) is 5.71. The maximum absolute atomic E-state index is 12.7. The number of carbonyl (C=O) groups excluding carboxylic acids is 2. The number of hydrogen-bond acceptors (Lipinski definition) is 5. The zero-order valence-corrected chi connectivity index (χ0v) is 19.0. The van der Waals surface area contributed by atoms with E-state index in [0.717, 1.165) is 21.7 Å². The van der Waals surface area contributed by atoms with Gasteiger partial charge >= 0.3 is 0 Å². The van der Waals surface area contributed by atoms with Crippen molar-refractivity contribution in [3.63, 3.8) is 0 Å². The Balaban J connectivity index is 1.43. The topological polar surface area (TPSA) is 91.0 Å². The highest BCUT2D eigenvalue weighted by molar-refractivity contribution is 7.16. The summed E-state index contributed by atoms with van der Waals surface area (Å²) in [5.41, 5.74) is 3.46. The van der Waals surface area contributed by atoms with Gasteiger partial charge in [-0.25, -0.2) is 4.98 Å². The Labute approximate surface area is 191 Å². The number of rotatable bonds is 6. The fraction of sp³-hybridized carbons (Fsp3) is 0.333. The van der Waals surface area contributed by atoms with Gasteiger partial charge in [-0.05, 0) is 30.4 Å². The molecule has 0 unspecified atom stereocenters. The number of nitrogens with one attached hydrogen (secondary N) is 1. The van der Waals surface area contributed by atoms with Gasteiger partial charge in [0.15, 0.2) is 0 Å². The highest BCUT2D eigenvalue weighted by atomic mass is 32.1. The number of fused-ring (bicyclic) bond motifs is 1. The lowest BCUT2D eigenvalue weighted by Crippen LogP contribution is -2.37. The molecule has 0 aliphatic carbocycles. The molecule has 0 spiro atoms. The standard InChI is InChI=1S/C24H25N5O2S/c1-16(18-6-4-3-5-7-18)10-22(30)27-24-20(11-25)19-8-9-29(13-21(19)32-24)23(31)14-28-12-17(2)26-15-28/h3-7,12,15-16H,8-10,13-14H2,1-2H3,(H,27,30)/t16-/m0/s1. The Morgan fingerprint density at radius 1 is 1.31 bits per heavy atom. The van der Waals surface area contributed by atoms with Crippen molar-refractivity contribution in [1.29, 1.82) is 5.26 Å². The van der Waals surface area contributed by atoms with E-state index < -0.39 is 0 Å². The van der Waals surface area contributed by atoms with Gasteiger partial charge in [0.25, 0.3) is 0 Å². The summed E-state index contributed by atoms with van der Waals surface area (Å²) in [4.78, 5) is 32.3. The second-order valence-corrected chi connectivity index (χ2v) is 9.24. The van der Waals surface area contributed by atoms with Crippen LogP contribution in [0.2, 0.25) is 0 Å². The first-order chi connectivity index (χ1) is 15.4. The molecule has 0 saturated carbocycles. The number of aryl methyl sites for hydroxylation is 1. The van der Waals surface area contributed by atoms with E-state index in [1.165, 1.54) is 11.3 Å². The van der Waals surface area contributed by atoms with E-state index in [4.69, 9.17) is 0 Å². The Morgan fingerprint density at radius 3 is 2.78 bits per heavy atom. The molecule has 32 heavy (non-hydrogen) atoms. The van der Waals surface area contributed by atoms with E-state index in [2.05, 4.69) is 16.4 Å². The van der Waals surface area contributed by atoms with E-state index in [-0.39, 0.29) is 24.3 Å². The largest absolute Gasteiger partial charge is 0.336 e. The van der Waals surface area contributed by atoms with Crippen LogP contribution >= 0.6 is 11.3 Å². The number of carbonyl (C=O) groups is 2. The summed E-state index contributed by atoms with van der Waals surface area (Å²) < 4.78 is 1.78. The van der Waals surface area contributed by atoms with Gasteiger partial charge in [-0.2, -0.15) is 5.26 Å². The van der Waals surface area contributed by atoms with Crippen molar-refractivity contribution in [3.05, 3.63) is 70.1 Å². The van der Waals surface area contributed by atoms with E-state index in [9.17, 15) is 14.9 Å². The quantitative estimate of drug-likeness (QED) is 0.622. The number of nitriles is 1. The average molecular weight is 448 g/mol. The summed E-state index contributed by atoms with van der Waals surface area (Å²) in [6.45, 7) is 5.17. The zero-order valence-electron chi connectivity index (χ0n) is 18.2. The lowest BCUT2D eigenvalue weighted by molar-refractivity contribution is -0.132. The van der Waals surface area contributed by atoms with Crippen molar-refractivity contribution < 1.29 is 9.59 Å². The Hall–Kier alpha value is -3.44. The van der Waals surface area contributed by atoms with Gasteiger partial charge < -0.3 is 14.8 Å².